The van der Waals surface area contributed by atoms with Crippen molar-refractivity contribution in [2.45, 2.75) is 60.0 Å². The van der Waals surface area contributed by atoms with E-state index in [2.05, 4.69) is 20.4 Å². The number of aromatic amines is 1. The van der Waals surface area contributed by atoms with Crippen molar-refractivity contribution >= 4 is 5.91 Å². The molecule has 2 aromatic heterocycles. The average molecular weight is 375 g/mol. The van der Waals surface area contributed by atoms with E-state index in [0.717, 1.165) is 16.1 Å². The van der Waals surface area contributed by atoms with Crippen LogP contribution in [0.25, 0.3) is 5.95 Å². The Balaban J connectivity index is 2.20. The van der Waals surface area contributed by atoms with Gasteiger partial charge < -0.3 is 10.4 Å². The quantitative estimate of drug-likeness (QED) is 0.684. The van der Waals surface area contributed by atoms with E-state index in [-0.39, 0.29) is 18.2 Å². The van der Waals surface area contributed by atoms with Crippen LogP contribution in [0.5, 0.6) is 0 Å². The van der Waals surface area contributed by atoms with Crippen LogP contribution in [0.4, 0.5) is 0 Å². The smallest absolute Gasteiger partial charge is 0.274 e. The van der Waals surface area contributed by atoms with Crippen LogP contribution in [0.2, 0.25) is 0 Å². The number of nitrogens with one attached hydrogen (secondary N) is 2. The highest BCUT2D eigenvalue weighted by molar-refractivity contribution is 5.92. The Kier molecular flexibility index (Phi) is 5.89. The first-order valence-electron chi connectivity index (χ1n) is 9.18. The summed E-state index contributed by atoms with van der Waals surface area (Å²) in [5.41, 5.74) is -0.244. The molecule has 0 radical (unpaired) electrons. The van der Waals surface area contributed by atoms with Crippen molar-refractivity contribution in [3.05, 3.63) is 39.6 Å². The van der Waals surface area contributed by atoms with Crippen molar-refractivity contribution < 1.29 is 9.90 Å². The summed E-state index contributed by atoms with van der Waals surface area (Å²) in [6.45, 7) is 11.6. The van der Waals surface area contributed by atoms with Crippen LogP contribution in [0.15, 0.2) is 16.9 Å². The molecular weight excluding hydrogens is 346 g/mol. The third-order valence-electron chi connectivity index (χ3n) is 5.26. The maximum absolute atomic E-state index is 12.5. The van der Waals surface area contributed by atoms with E-state index >= 15 is 0 Å². The van der Waals surface area contributed by atoms with Crippen LogP contribution >= 0.6 is 0 Å². The van der Waals surface area contributed by atoms with Gasteiger partial charge in [0.1, 0.15) is 5.69 Å². The number of nitrogens with zero attached hydrogens (tertiary/aromatic N) is 3. The lowest BCUT2D eigenvalue weighted by Gasteiger charge is -2.42. The fraction of sp³-hybridized carbons (Fsp3) is 0.579. The number of hydrogen-bond acceptors (Lipinski definition) is 5. The molecule has 0 aliphatic heterocycles. The number of carbonyl (C=O) groups excluding carboxylic acids is 1. The molecule has 0 atom stereocenters. The monoisotopic (exact) mass is 375 g/mol. The van der Waals surface area contributed by atoms with Crippen LogP contribution in [0, 0.1) is 19.3 Å². The second kappa shape index (κ2) is 7.64. The Hall–Kier alpha value is -2.48. The van der Waals surface area contributed by atoms with Gasteiger partial charge in [0.15, 0.2) is 0 Å². The summed E-state index contributed by atoms with van der Waals surface area (Å²) in [5, 5.41) is 16.3. The summed E-state index contributed by atoms with van der Waals surface area (Å²) in [4.78, 5) is 33.2. The summed E-state index contributed by atoms with van der Waals surface area (Å²) in [6.07, 6.45) is 1.17. The molecule has 2 heterocycles. The number of aliphatic hydroxyl groups is 1. The van der Waals surface area contributed by atoms with E-state index in [4.69, 9.17) is 0 Å². The second-order valence-electron chi connectivity index (χ2n) is 7.60. The fourth-order valence-electron chi connectivity index (χ4n) is 3.24. The Labute approximate surface area is 159 Å². The molecule has 0 aliphatic carbocycles. The molecule has 2 aromatic rings. The molecule has 0 fully saturated rings. The Bertz CT molecular complexity index is 857. The third kappa shape index (κ3) is 4.27. The zero-order valence-corrected chi connectivity index (χ0v) is 16.9. The SMILES string of the molecule is CCC(O)(CC)C(C)(C)CNC(=O)c1cc(=O)n(-c2nc(C)cc(C)n2)[nH]1. The van der Waals surface area contributed by atoms with E-state index in [1.165, 1.54) is 6.07 Å². The highest BCUT2D eigenvalue weighted by Gasteiger charge is 2.40. The molecule has 0 aliphatic rings. The summed E-state index contributed by atoms with van der Waals surface area (Å²) >= 11 is 0. The Morgan fingerprint density at radius 2 is 1.74 bits per heavy atom. The first-order valence-corrected chi connectivity index (χ1v) is 9.18. The zero-order valence-electron chi connectivity index (χ0n) is 16.9. The molecule has 27 heavy (non-hydrogen) atoms. The molecule has 0 saturated heterocycles. The molecule has 0 saturated carbocycles. The predicted octanol–water partition coefficient (Wildman–Crippen LogP) is 1.88. The molecule has 3 N–H and O–H groups in total. The van der Waals surface area contributed by atoms with Gasteiger partial charge in [-0.05, 0) is 32.8 Å². The van der Waals surface area contributed by atoms with Gasteiger partial charge in [-0.1, -0.05) is 27.7 Å². The second-order valence-corrected chi connectivity index (χ2v) is 7.60. The highest BCUT2D eigenvalue weighted by Crippen LogP contribution is 2.35. The number of H-pyrrole nitrogens is 1. The van der Waals surface area contributed by atoms with Crippen molar-refractivity contribution in [3.8, 4) is 5.95 Å². The van der Waals surface area contributed by atoms with Crippen LogP contribution < -0.4 is 10.9 Å². The highest BCUT2D eigenvalue weighted by atomic mass is 16.3. The maximum atomic E-state index is 12.5. The lowest BCUT2D eigenvalue weighted by molar-refractivity contribution is -0.0710. The first-order chi connectivity index (χ1) is 12.5. The van der Waals surface area contributed by atoms with Gasteiger partial charge in [0, 0.05) is 29.4 Å². The summed E-state index contributed by atoms with van der Waals surface area (Å²) in [7, 11) is 0. The van der Waals surface area contributed by atoms with E-state index in [1.54, 1.807) is 6.07 Å². The summed E-state index contributed by atoms with van der Waals surface area (Å²) in [5.74, 6) is -0.221. The lowest BCUT2D eigenvalue weighted by Crippen LogP contribution is -2.50. The number of aromatic nitrogens is 4. The Morgan fingerprint density at radius 1 is 1.19 bits per heavy atom. The van der Waals surface area contributed by atoms with Crippen molar-refractivity contribution in [1.29, 1.82) is 0 Å². The minimum atomic E-state index is -0.882. The van der Waals surface area contributed by atoms with E-state index in [0.29, 0.717) is 12.8 Å². The first kappa shape index (κ1) is 20.8. The molecule has 2 rings (SSSR count). The van der Waals surface area contributed by atoms with Crippen molar-refractivity contribution in [2.75, 3.05) is 6.54 Å². The molecule has 0 spiro atoms. The Morgan fingerprint density at radius 3 is 2.26 bits per heavy atom. The lowest BCUT2D eigenvalue weighted by atomic mass is 9.71. The average Bonchev–Trinajstić information content (AvgIpc) is 3.00. The molecule has 0 aromatic carbocycles. The van der Waals surface area contributed by atoms with Gasteiger partial charge in [0.2, 0.25) is 0 Å². The summed E-state index contributed by atoms with van der Waals surface area (Å²) < 4.78 is 1.15. The maximum Gasteiger partial charge on any atom is 0.274 e. The third-order valence-corrected chi connectivity index (χ3v) is 5.26. The molecular formula is C19H29N5O3. The molecule has 8 heteroatoms. The molecule has 0 unspecified atom stereocenters. The van der Waals surface area contributed by atoms with E-state index in [9.17, 15) is 14.7 Å². The molecule has 148 valence electrons. The van der Waals surface area contributed by atoms with Gasteiger partial charge in [0.25, 0.3) is 17.4 Å². The van der Waals surface area contributed by atoms with Gasteiger partial charge in [-0.25, -0.2) is 9.97 Å². The number of carbonyl (C=O) groups is 1. The van der Waals surface area contributed by atoms with Gasteiger partial charge >= 0.3 is 0 Å². The standard InChI is InChI=1S/C19H29N5O3/c1-7-19(27,8-2)18(5,6)11-20-16(26)14-10-15(25)24(23-14)17-21-12(3)9-13(4)22-17/h9-10,23,27H,7-8,11H2,1-6H3,(H,20,26). The number of aryl methyl sites for hydroxylation is 2. The normalized spacial score (nSPS) is 12.3. The molecule has 1 amide bonds. The zero-order chi connectivity index (χ0) is 20.4. The predicted molar refractivity (Wildman–Crippen MR) is 103 cm³/mol. The van der Waals surface area contributed by atoms with E-state index in [1.807, 2.05) is 41.5 Å². The van der Waals surface area contributed by atoms with Crippen LogP contribution in [0.1, 0.15) is 62.4 Å². The van der Waals surface area contributed by atoms with Crippen molar-refractivity contribution in [1.82, 2.24) is 25.1 Å². The number of rotatable bonds is 7. The topological polar surface area (TPSA) is 113 Å². The van der Waals surface area contributed by atoms with Crippen LogP contribution in [0.3, 0.4) is 0 Å². The molecule has 8 nitrogen and oxygen atoms in total. The van der Waals surface area contributed by atoms with Crippen molar-refractivity contribution in [2.24, 2.45) is 5.41 Å². The minimum Gasteiger partial charge on any atom is -0.389 e. The minimum absolute atomic E-state index is 0.120. The largest absolute Gasteiger partial charge is 0.389 e. The number of hydrogen-bond donors (Lipinski definition) is 3. The van der Waals surface area contributed by atoms with Crippen molar-refractivity contribution in [3.63, 3.8) is 0 Å². The van der Waals surface area contributed by atoms with Crippen LogP contribution in [-0.2, 0) is 0 Å². The fourth-order valence-corrected chi connectivity index (χ4v) is 3.24. The summed E-state index contributed by atoms with van der Waals surface area (Å²) in [6, 6.07) is 3.02. The van der Waals surface area contributed by atoms with E-state index < -0.39 is 22.5 Å². The van der Waals surface area contributed by atoms with Crippen LogP contribution in [-0.4, -0.2) is 42.9 Å². The van der Waals surface area contributed by atoms with Gasteiger partial charge in [-0.3, -0.25) is 14.7 Å². The van der Waals surface area contributed by atoms with Gasteiger partial charge in [-0.15, -0.1) is 0 Å². The number of amides is 1. The van der Waals surface area contributed by atoms with Gasteiger partial charge in [-0.2, -0.15) is 4.68 Å². The molecule has 0 bridgehead atoms. The van der Waals surface area contributed by atoms with Gasteiger partial charge in [0.05, 0.1) is 5.60 Å².